The summed E-state index contributed by atoms with van der Waals surface area (Å²) in [5.41, 5.74) is 0. The molecule has 1 N–H and O–H groups in total. The van der Waals surface area contributed by atoms with Gasteiger partial charge in [-0.3, -0.25) is 0 Å². The monoisotopic (exact) mass is 233 g/mol. The van der Waals surface area contributed by atoms with Gasteiger partial charge in [0, 0.05) is 6.04 Å². The molecule has 2 nitrogen and oxygen atoms in total. The molecule has 0 aliphatic carbocycles. The molecule has 1 aromatic carbocycles. The van der Waals surface area contributed by atoms with Gasteiger partial charge >= 0.3 is 0 Å². The van der Waals surface area contributed by atoms with Gasteiger partial charge in [-0.15, -0.1) is 6.58 Å². The summed E-state index contributed by atoms with van der Waals surface area (Å²) in [5.74, 6) is 0.945. The maximum atomic E-state index is 5.69. The lowest BCUT2D eigenvalue weighted by Crippen LogP contribution is -2.30. The normalized spacial score (nSPS) is 12.1. The molecule has 0 bridgehead atoms. The first-order valence-corrected chi connectivity index (χ1v) is 6.39. The Morgan fingerprint density at radius 1 is 1.35 bits per heavy atom. The van der Waals surface area contributed by atoms with Crippen LogP contribution in [0.1, 0.15) is 26.2 Å². The summed E-state index contributed by atoms with van der Waals surface area (Å²) in [6.45, 7) is 7.78. The molecular formula is C15H23NO. The number of ether oxygens (including phenoxy) is 1. The van der Waals surface area contributed by atoms with Crippen LogP contribution in [-0.2, 0) is 0 Å². The minimum Gasteiger partial charge on any atom is -0.494 e. The smallest absolute Gasteiger partial charge is 0.119 e. The molecule has 0 fully saturated rings. The lowest BCUT2D eigenvalue weighted by atomic mass is 10.1. The third-order valence-electron chi connectivity index (χ3n) is 2.61. The summed E-state index contributed by atoms with van der Waals surface area (Å²) >= 11 is 0. The van der Waals surface area contributed by atoms with Crippen molar-refractivity contribution >= 4 is 0 Å². The van der Waals surface area contributed by atoms with E-state index in [1.165, 1.54) is 0 Å². The number of benzene rings is 1. The average Bonchev–Trinajstić information content (AvgIpc) is 2.37. The number of hydrogen-bond acceptors (Lipinski definition) is 2. The highest BCUT2D eigenvalue weighted by atomic mass is 16.5. The lowest BCUT2D eigenvalue weighted by molar-refractivity contribution is 0.285. The SMILES string of the molecule is C=CCC(CCOc1ccccc1)NCCC. The molecule has 1 rings (SSSR count). The third kappa shape index (κ3) is 6.12. The molecule has 0 aliphatic heterocycles. The van der Waals surface area contributed by atoms with Crippen LogP contribution in [-0.4, -0.2) is 19.2 Å². The number of nitrogens with one attached hydrogen (secondary N) is 1. The van der Waals surface area contributed by atoms with Gasteiger partial charge in [-0.1, -0.05) is 31.2 Å². The fourth-order valence-corrected chi connectivity index (χ4v) is 1.69. The molecule has 0 heterocycles. The van der Waals surface area contributed by atoms with Crippen LogP contribution in [0, 0.1) is 0 Å². The van der Waals surface area contributed by atoms with Crippen LogP contribution in [0.25, 0.3) is 0 Å². The molecule has 0 saturated carbocycles. The van der Waals surface area contributed by atoms with Gasteiger partial charge in [-0.25, -0.2) is 0 Å². The second-order valence-electron chi connectivity index (χ2n) is 4.13. The van der Waals surface area contributed by atoms with Crippen molar-refractivity contribution in [2.24, 2.45) is 0 Å². The summed E-state index contributed by atoms with van der Waals surface area (Å²) < 4.78 is 5.69. The third-order valence-corrected chi connectivity index (χ3v) is 2.61. The predicted molar refractivity (Wildman–Crippen MR) is 73.4 cm³/mol. The molecular weight excluding hydrogens is 210 g/mol. The first kappa shape index (κ1) is 13.8. The second-order valence-corrected chi connectivity index (χ2v) is 4.13. The highest BCUT2D eigenvalue weighted by molar-refractivity contribution is 5.20. The Morgan fingerprint density at radius 2 is 2.12 bits per heavy atom. The highest BCUT2D eigenvalue weighted by Gasteiger charge is 2.05. The quantitative estimate of drug-likeness (QED) is 0.660. The predicted octanol–water partition coefficient (Wildman–Crippen LogP) is 3.40. The number of para-hydroxylation sites is 1. The molecule has 0 aliphatic rings. The van der Waals surface area contributed by atoms with Gasteiger partial charge in [0.25, 0.3) is 0 Å². The van der Waals surface area contributed by atoms with Crippen molar-refractivity contribution in [2.75, 3.05) is 13.2 Å². The van der Waals surface area contributed by atoms with Crippen molar-refractivity contribution in [3.63, 3.8) is 0 Å². The van der Waals surface area contributed by atoms with Gasteiger partial charge in [0.1, 0.15) is 5.75 Å². The van der Waals surface area contributed by atoms with Crippen molar-refractivity contribution < 1.29 is 4.74 Å². The van der Waals surface area contributed by atoms with E-state index in [0.29, 0.717) is 6.04 Å². The van der Waals surface area contributed by atoms with Crippen LogP contribution < -0.4 is 10.1 Å². The van der Waals surface area contributed by atoms with E-state index < -0.39 is 0 Å². The number of hydrogen-bond donors (Lipinski definition) is 1. The zero-order chi connectivity index (χ0) is 12.3. The van der Waals surface area contributed by atoms with Crippen molar-refractivity contribution in [1.82, 2.24) is 5.32 Å². The molecule has 94 valence electrons. The van der Waals surface area contributed by atoms with E-state index in [2.05, 4.69) is 18.8 Å². The van der Waals surface area contributed by atoms with Crippen LogP contribution in [0.15, 0.2) is 43.0 Å². The minimum atomic E-state index is 0.483. The molecule has 1 unspecified atom stereocenters. The van der Waals surface area contributed by atoms with Gasteiger partial charge in [0.2, 0.25) is 0 Å². The van der Waals surface area contributed by atoms with Gasteiger partial charge in [-0.2, -0.15) is 0 Å². The summed E-state index contributed by atoms with van der Waals surface area (Å²) in [5, 5.41) is 3.51. The Kier molecular flexibility index (Phi) is 7.15. The Morgan fingerprint density at radius 3 is 2.76 bits per heavy atom. The summed E-state index contributed by atoms with van der Waals surface area (Å²) in [4.78, 5) is 0. The topological polar surface area (TPSA) is 21.3 Å². The second kappa shape index (κ2) is 8.82. The molecule has 0 saturated heterocycles. The average molecular weight is 233 g/mol. The van der Waals surface area contributed by atoms with Crippen molar-refractivity contribution in [2.45, 2.75) is 32.2 Å². The maximum Gasteiger partial charge on any atom is 0.119 e. The highest BCUT2D eigenvalue weighted by Crippen LogP contribution is 2.09. The molecule has 1 aromatic rings. The molecule has 17 heavy (non-hydrogen) atoms. The van der Waals surface area contributed by atoms with Gasteiger partial charge < -0.3 is 10.1 Å². The van der Waals surface area contributed by atoms with Crippen LogP contribution in [0.2, 0.25) is 0 Å². The first-order chi connectivity index (χ1) is 8.36. The minimum absolute atomic E-state index is 0.483. The Bertz CT molecular complexity index is 297. The largest absolute Gasteiger partial charge is 0.494 e. The Hall–Kier alpha value is -1.28. The molecule has 0 radical (unpaired) electrons. The molecule has 1 atom stereocenters. The summed E-state index contributed by atoms with van der Waals surface area (Å²) in [6, 6.07) is 10.4. The maximum absolute atomic E-state index is 5.69. The standard InChI is InChI=1S/C15H23NO/c1-3-8-14(16-12-4-2)11-13-17-15-9-6-5-7-10-15/h3,5-7,9-10,14,16H,1,4,8,11-13H2,2H3. The van der Waals surface area contributed by atoms with Crippen molar-refractivity contribution in [1.29, 1.82) is 0 Å². The van der Waals surface area contributed by atoms with E-state index in [0.717, 1.165) is 38.2 Å². The van der Waals surface area contributed by atoms with E-state index in [9.17, 15) is 0 Å². The Balaban J connectivity index is 2.24. The zero-order valence-corrected chi connectivity index (χ0v) is 10.7. The summed E-state index contributed by atoms with van der Waals surface area (Å²) in [6.07, 6.45) is 5.14. The van der Waals surface area contributed by atoms with Crippen LogP contribution >= 0.6 is 0 Å². The Labute approximate surface area is 105 Å². The molecule has 0 amide bonds. The van der Waals surface area contributed by atoms with E-state index in [4.69, 9.17) is 4.74 Å². The van der Waals surface area contributed by atoms with E-state index in [-0.39, 0.29) is 0 Å². The van der Waals surface area contributed by atoms with Crippen LogP contribution in [0.3, 0.4) is 0 Å². The van der Waals surface area contributed by atoms with Gasteiger partial charge in [-0.05, 0) is 37.9 Å². The van der Waals surface area contributed by atoms with E-state index in [1.807, 2.05) is 36.4 Å². The summed E-state index contributed by atoms with van der Waals surface area (Å²) in [7, 11) is 0. The number of rotatable bonds is 9. The molecule has 0 aromatic heterocycles. The van der Waals surface area contributed by atoms with E-state index >= 15 is 0 Å². The van der Waals surface area contributed by atoms with Crippen molar-refractivity contribution in [3.8, 4) is 5.75 Å². The van der Waals surface area contributed by atoms with Gasteiger partial charge in [0.15, 0.2) is 0 Å². The first-order valence-electron chi connectivity index (χ1n) is 6.39. The van der Waals surface area contributed by atoms with Crippen LogP contribution in [0.4, 0.5) is 0 Å². The van der Waals surface area contributed by atoms with Crippen LogP contribution in [0.5, 0.6) is 5.75 Å². The fourth-order valence-electron chi connectivity index (χ4n) is 1.69. The van der Waals surface area contributed by atoms with E-state index in [1.54, 1.807) is 0 Å². The molecule has 2 heteroatoms. The van der Waals surface area contributed by atoms with Gasteiger partial charge in [0.05, 0.1) is 6.61 Å². The fraction of sp³-hybridized carbons (Fsp3) is 0.467. The van der Waals surface area contributed by atoms with Crippen molar-refractivity contribution in [3.05, 3.63) is 43.0 Å². The molecule has 0 spiro atoms. The zero-order valence-electron chi connectivity index (χ0n) is 10.7. The lowest BCUT2D eigenvalue weighted by Gasteiger charge is -2.17.